The third-order valence-corrected chi connectivity index (χ3v) is 1.80. The van der Waals surface area contributed by atoms with Crippen LogP contribution < -0.4 is 4.74 Å². The molecule has 7 nitrogen and oxygen atoms in total. The first-order valence-electron chi connectivity index (χ1n) is 4.80. The SMILES string of the molecule is CCOC(=O)COc1ccc([N+](=O)[O-])cc1O. The second-order valence-corrected chi connectivity index (χ2v) is 3.00. The Bertz CT molecular complexity index is 431. The zero-order valence-electron chi connectivity index (χ0n) is 9.08. The van der Waals surface area contributed by atoms with Gasteiger partial charge in [-0.1, -0.05) is 0 Å². The van der Waals surface area contributed by atoms with Crippen LogP contribution in [0.4, 0.5) is 5.69 Å². The van der Waals surface area contributed by atoms with Crippen molar-refractivity contribution in [3.63, 3.8) is 0 Å². The smallest absolute Gasteiger partial charge is 0.344 e. The highest BCUT2D eigenvalue weighted by Gasteiger charge is 2.12. The molecule has 0 aromatic heterocycles. The molecule has 1 aromatic rings. The fourth-order valence-corrected chi connectivity index (χ4v) is 1.08. The van der Waals surface area contributed by atoms with Gasteiger partial charge in [0.25, 0.3) is 5.69 Å². The van der Waals surface area contributed by atoms with Crippen LogP contribution in [0.5, 0.6) is 11.5 Å². The second kappa shape index (κ2) is 5.69. The molecule has 0 aliphatic heterocycles. The average Bonchev–Trinajstić information content (AvgIpc) is 2.27. The number of benzene rings is 1. The van der Waals surface area contributed by atoms with E-state index in [4.69, 9.17) is 4.74 Å². The van der Waals surface area contributed by atoms with Gasteiger partial charge in [0.15, 0.2) is 18.1 Å². The molecule has 0 fully saturated rings. The summed E-state index contributed by atoms with van der Waals surface area (Å²) in [6, 6.07) is 3.33. The molecule has 0 aliphatic carbocycles. The van der Waals surface area contributed by atoms with E-state index in [1.54, 1.807) is 6.92 Å². The van der Waals surface area contributed by atoms with E-state index in [2.05, 4.69) is 4.74 Å². The summed E-state index contributed by atoms with van der Waals surface area (Å²) in [5.74, 6) is -0.989. The van der Waals surface area contributed by atoms with Gasteiger partial charge < -0.3 is 14.6 Å². The fourth-order valence-electron chi connectivity index (χ4n) is 1.08. The number of carbonyl (C=O) groups is 1. The van der Waals surface area contributed by atoms with Crippen LogP contribution in [0.3, 0.4) is 0 Å². The standard InChI is InChI=1S/C10H11NO6/c1-2-16-10(13)6-17-9-4-3-7(11(14)15)5-8(9)12/h3-5,12H,2,6H2,1H3. The van der Waals surface area contributed by atoms with Crippen LogP contribution in [0.15, 0.2) is 18.2 Å². The van der Waals surface area contributed by atoms with Gasteiger partial charge in [-0.25, -0.2) is 4.79 Å². The monoisotopic (exact) mass is 241 g/mol. The first kappa shape index (κ1) is 12.8. The van der Waals surface area contributed by atoms with Crippen molar-refractivity contribution < 1.29 is 24.3 Å². The molecule has 0 radical (unpaired) electrons. The maximum absolute atomic E-state index is 11.0. The molecule has 0 heterocycles. The van der Waals surface area contributed by atoms with Crippen molar-refractivity contribution in [2.24, 2.45) is 0 Å². The topological polar surface area (TPSA) is 98.9 Å². The van der Waals surface area contributed by atoms with Gasteiger partial charge in [-0.3, -0.25) is 10.1 Å². The van der Waals surface area contributed by atoms with Crippen molar-refractivity contribution in [2.75, 3.05) is 13.2 Å². The minimum Gasteiger partial charge on any atom is -0.504 e. The third kappa shape index (κ3) is 3.63. The number of nitrogens with zero attached hydrogens (tertiary/aromatic N) is 1. The Morgan fingerprint density at radius 1 is 1.53 bits per heavy atom. The van der Waals surface area contributed by atoms with Crippen LogP contribution in [-0.4, -0.2) is 29.2 Å². The molecule has 0 atom stereocenters. The van der Waals surface area contributed by atoms with Gasteiger partial charge in [-0.15, -0.1) is 0 Å². The Balaban J connectivity index is 2.66. The largest absolute Gasteiger partial charge is 0.504 e. The van der Waals surface area contributed by atoms with Gasteiger partial charge in [0.05, 0.1) is 17.6 Å². The summed E-state index contributed by atoms with van der Waals surface area (Å²) >= 11 is 0. The first-order chi connectivity index (χ1) is 8.04. The molecule has 0 amide bonds. The van der Waals surface area contributed by atoms with Crippen molar-refractivity contribution in [1.29, 1.82) is 0 Å². The van der Waals surface area contributed by atoms with Gasteiger partial charge >= 0.3 is 5.97 Å². The van der Waals surface area contributed by atoms with E-state index in [9.17, 15) is 20.0 Å². The fraction of sp³-hybridized carbons (Fsp3) is 0.300. The molecule has 1 N–H and O–H groups in total. The van der Waals surface area contributed by atoms with E-state index in [1.807, 2.05) is 0 Å². The molecule has 0 unspecified atom stereocenters. The highest BCUT2D eigenvalue weighted by Crippen LogP contribution is 2.29. The molecule has 7 heteroatoms. The van der Waals surface area contributed by atoms with Crippen molar-refractivity contribution in [2.45, 2.75) is 6.92 Å². The summed E-state index contributed by atoms with van der Waals surface area (Å²) < 4.78 is 9.55. The molecule has 1 aromatic carbocycles. The predicted octanol–water partition coefficient (Wildman–Crippen LogP) is 1.24. The number of esters is 1. The molecule has 17 heavy (non-hydrogen) atoms. The van der Waals surface area contributed by atoms with Crippen molar-refractivity contribution in [1.82, 2.24) is 0 Å². The average molecular weight is 241 g/mol. The number of ether oxygens (including phenoxy) is 2. The molecule has 92 valence electrons. The molecular weight excluding hydrogens is 230 g/mol. The summed E-state index contributed by atoms with van der Waals surface area (Å²) in [6.07, 6.45) is 0. The maximum atomic E-state index is 11.0. The Morgan fingerprint density at radius 3 is 2.76 bits per heavy atom. The minimum absolute atomic E-state index is 0.0105. The summed E-state index contributed by atoms with van der Waals surface area (Å²) in [5, 5.41) is 19.8. The van der Waals surface area contributed by atoms with Gasteiger partial charge in [-0.2, -0.15) is 0 Å². The van der Waals surface area contributed by atoms with Crippen LogP contribution in [0.25, 0.3) is 0 Å². The number of rotatable bonds is 5. The lowest BCUT2D eigenvalue weighted by atomic mass is 10.3. The molecule has 0 spiro atoms. The van der Waals surface area contributed by atoms with Crippen LogP contribution in [0, 0.1) is 10.1 Å². The molecular formula is C10H11NO6. The number of phenols is 1. The zero-order chi connectivity index (χ0) is 12.8. The van der Waals surface area contributed by atoms with Crippen LogP contribution >= 0.6 is 0 Å². The van der Waals surface area contributed by atoms with Gasteiger partial charge in [0.1, 0.15) is 0 Å². The number of phenolic OH excluding ortho intramolecular Hbond substituents is 1. The number of hydrogen-bond donors (Lipinski definition) is 1. The zero-order valence-corrected chi connectivity index (χ0v) is 9.08. The van der Waals surface area contributed by atoms with Crippen molar-refractivity contribution in [3.05, 3.63) is 28.3 Å². The van der Waals surface area contributed by atoms with E-state index >= 15 is 0 Å². The summed E-state index contributed by atoms with van der Waals surface area (Å²) in [7, 11) is 0. The second-order valence-electron chi connectivity index (χ2n) is 3.00. The van der Waals surface area contributed by atoms with Crippen LogP contribution in [0.2, 0.25) is 0 Å². The Kier molecular flexibility index (Phi) is 4.27. The lowest BCUT2D eigenvalue weighted by molar-refractivity contribution is -0.385. The highest BCUT2D eigenvalue weighted by molar-refractivity contribution is 5.71. The van der Waals surface area contributed by atoms with Crippen LogP contribution in [0.1, 0.15) is 6.92 Å². The molecule has 0 bridgehead atoms. The first-order valence-corrected chi connectivity index (χ1v) is 4.80. The van der Waals surface area contributed by atoms with Gasteiger partial charge in [-0.05, 0) is 13.0 Å². The summed E-state index contributed by atoms with van der Waals surface area (Å²) in [6.45, 7) is 1.52. The summed E-state index contributed by atoms with van der Waals surface area (Å²) in [4.78, 5) is 20.7. The molecule has 0 saturated heterocycles. The van der Waals surface area contributed by atoms with Crippen molar-refractivity contribution in [3.8, 4) is 11.5 Å². The van der Waals surface area contributed by atoms with E-state index in [-0.39, 0.29) is 24.7 Å². The Labute approximate surface area is 96.7 Å². The lowest BCUT2D eigenvalue weighted by Crippen LogP contribution is -2.14. The Morgan fingerprint density at radius 2 is 2.24 bits per heavy atom. The highest BCUT2D eigenvalue weighted by atomic mass is 16.6. The van der Waals surface area contributed by atoms with E-state index in [1.165, 1.54) is 12.1 Å². The van der Waals surface area contributed by atoms with Gasteiger partial charge in [0.2, 0.25) is 0 Å². The number of carbonyl (C=O) groups excluding carboxylic acids is 1. The quantitative estimate of drug-likeness (QED) is 0.473. The van der Waals surface area contributed by atoms with Crippen LogP contribution in [-0.2, 0) is 9.53 Å². The predicted molar refractivity (Wildman–Crippen MR) is 56.9 cm³/mol. The number of aromatic hydroxyl groups is 1. The minimum atomic E-state index is -0.644. The molecule has 0 aliphatic rings. The van der Waals surface area contributed by atoms with Gasteiger partial charge in [0, 0.05) is 6.07 Å². The molecule has 0 saturated carbocycles. The number of nitro benzene ring substituents is 1. The van der Waals surface area contributed by atoms with E-state index < -0.39 is 16.6 Å². The number of non-ortho nitro benzene ring substituents is 1. The lowest BCUT2D eigenvalue weighted by Gasteiger charge is -2.06. The third-order valence-electron chi connectivity index (χ3n) is 1.80. The normalized spacial score (nSPS) is 9.71. The van der Waals surface area contributed by atoms with E-state index in [0.29, 0.717) is 0 Å². The summed E-state index contributed by atoms with van der Waals surface area (Å²) in [5.41, 5.74) is -0.258. The Hall–Kier alpha value is -2.31. The molecule has 1 rings (SSSR count). The van der Waals surface area contributed by atoms with E-state index in [0.717, 1.165) is 6.07 Å². The number of hydrogen-bond acceptors (Lipinski definition) is 6. The van der Waals surface area contributed by atoms with Crippen molar-refractivity contribution >= 4 is 11.7 Å². The maximum Gasteiger partial charge on any atom is 0.344 e. The number of nitro groups is 1.